The molecular formula is C60H64N12O7S. The highest BCUT2D eigenvalue weighted by atomic mass is 32.2. The van der Waals surface area contributed by atoms with Crippen LogP contribution in [0.5, 0.6) is 23.3 Å². The summed E-state index contributed by atoms with van der Waals surface area (Å²) in [6, 6.07) is 37.9. The van der Waals surface area contributed by atoms with Gasteiger partial charge in [-0.25, -0.2) is 34.7 Å². The average Bonchev–Trinajstić information content (AvgIpc) is 3.43. The SMILES string of the molecule is CNc1nccc(-c2cccnc2Oc2ccc(NC(=O)C(NC(=O)OC(C)(C)C)c3ccccc3)cc2C)n1.CNc1nccc(-c2cccnc2Oc2ccc(NC(=O)C(NC(=O)SC(C)(C)C)c3ccccc3)cc2C)n1. The summed E-state index contributed by atoms with van der Waals surface area (Å²) in [5, 5.41) is 16.9. The fourth-order valence-electron chi connectivity index (χ4n) is 7.66. The average molecular weight is 1100 g/mol. The molecule has 2 atom stereocenters. The van der Waals surface area contributed by atoms with Crippen molar-refractivity contribution in [3.63, 3.8) is 0 Å². The van der Waals surface area contributed by atoms with Crippen molar-refractivity contribution in [3.8, 4) is 45.8 Å². The molecule has 0 saturated carbocycles. The molecule has 6 N–H and O–H groups in total. The Kier molecular flexibility index (Phi) is 19.5. The molecule has 20 heteroatoms. The van der Waals surface area contributed by atoms with E-state index in [0.29, 0.717) is 80.2 Å². The summed E-state index contributed by atoms with van der Waals surface area (Å²) in [5.41, 5.74) is 6.03. The van der Waals surface area contributed by atoms with Crippen LogP contribution in [0.15, 0.2) is 158 Å². The number of nitrogens with zero attached hydrogens (tertiary/aromatic N) is 6. The summed E-state index contributed by atoms with van der Waals surface area (Å²) in [7, 11) is 3.50. The number of benzene rings is 4. The molecule has 0 aliphatic heterocycles. The topological polar surface area (TPSA) is 245 Å². The van der Waals surface area contributed by atoms with E-state index in [1.165, 1.54) is 0 Å². The number of aromatic nitrogens is 6. The molecule has 0 radical (unpaired) electrons. The molecule has 8 rings (SSSR count). The van der Waals surface area contributed by atoms with Crippen LogP contribution in [-0.2, 0) is 14.3 Å². The molecule has 80 heavy (non-hydrogen) atoms. The van der Waals surface area contributed by atoms with Crippen LogP contribution in [0.2, 0.25) is 0 Å². The molecule has 4 amide bonds. The Morgan fingerprint density at radius 3 is 1.35 bits per heavy atom. The Morgan fingerprint density at radius 1 is 0.512 bits per heavy atom. The number of thioether (sulfide) groups is 1. The predicted molar refractivity (Wildman–Crippen MR) is 313 cm³/mol. The van der Waals surface area contributed by atoms with E-state index in [1.807, 2.05) is 101 Å². The van der Waals surface area contributed by atoms with Gasteiger partial charge >= 0.3 is 6.09 Å². The fourth-order valence-corrected chi connectivity index (χ4v) is 8.39. The summed E-state index contributed by atoms with van der Waals surface area (Å²) >= 11 is 1.15. The Morgan fingerprint density at radius 2 is 0.950 bits per heavy atom. The summed E-state index contributed by atoms with van der Waals surface area (Å²) in [6.07, 6.45) is 5.94. The van der Waals surface area contributed by atoms with E-state index in [1.54, 1.807) is 126 Å². The molecule has 0 aliphatic rings. The van der Waals surface area contributed by atoms with Crippen molar-refractivity contribution in [2.24, 2.45) is 0 Å². The van der Waals surface area contributed by atoms with Gasteiger partial charge in [-0.05, 0) is 130 Å². The molecule has 4 aromatic heterocycles. The molecule has 412 valence electrons. The van der Waals surface area contributed by atoms with Gasteiger partial charge in [-0.1, -0.05) is 93.2 Å². The van der Waals surface area contributed by atoms with E-state index in [4.69, 9.17) is 14.2 Å². The Bertz CT molecular complexity index is 3200. The standard InChI is InChI=1S/C30H32N6O4.C30H32N6O3S/c2*1-19-18-21(34-26(37)25(20-10-7-6-8-11-20)36-29(38)40-30(2,3)4)13-14-24(19)39-27-22(12-9-16-32-27)23-15-17-33-28(31-5)35-23/h2*6-18,25H,1-5H3,(H,34,37)(H,36,38)(H,31,33,35). The number of nitrogens with one attached hydrogen (secondary N) is 6. The summed E-state index contributed by atoms with van der Waals surface area (Å²) < 4.78 is 17.4. The second-order valence-electron chi connectivity index (χ2n) is 19.9. The third kappa shape index (κ3) is 16.8. The van der Waals surface area contributed by atoms with E-state index in [2.05, 4.69) is 61.8 Å². The van der Waals surface area contributed by atoms with Crippen molar-refractivity contribution in [3.05, 3.63) is 181 Å². The normalized spacial score (nSPS) is 11.8. The van der Waals surface area contributed by atoms with Crippen LogP contribution in [-0.4, -0.2) is 77.5 Å². The summed E-state index contributed by atoms with van der Waals surface area (Å²) in [4.78, 5) is 78.0. The van der Waals surface area contributed by atoms with Crippen LogP contribution < -0.4 is 41.4 Å². The Labute approximate surface area is 469 Å². The molecule has 0 fully saturated rings. The van der Waals surface area contributed by atoms with E-state index in [9.17, 15) is 19.2 Å². The highest BCUT2D eigenvalue weighted by molar-refractivity contribution is 8.14. The maximum absolute atomic E-state index is 13.4. The number of hydrogen-bond acceptors (Lipinski definition) is 16. The van der Waals surface area contributed by atoms with Crippen molar-refractivity contribution < 1.29 is 33.4 Å². The number of alkyl carbamates (subject to hydrolysis) is 1. The second-order valence-corrected chi connectivity index (χ2v) is 21.7. The second kappa shape index (κ2) is 26.8. The van der Waals surface area contributed by atoms with Gasteiger partial charge in [0.2, 0.25) is 23.7 Å². The van der Waals surface area contributed by atoms with E-state index >= 15 is 0 Å². The van der Waals surface area contributed by atoms with Gasteiger partial charge in [0.05, 0.1) is 22.5 Å². The quantitative estimate of drug-likeness (QED) is 0.0527. The van der Waals surface area contributed by atoms with Gasteiger partial charge in [-0.3, -0.25) is 14.4 Å². The van der Waals surface area contributed by atoms with Crippen LogP contribution in [0.4, 0.5) is 32.9 Å². The monoisotopic (exact) mass is 1100 g/mol. The van der Waals surface area contributed by atoms with Gasteiger partial charge in [0.1, 0.15) is 29.2 Å². The molecule has 8 aromatic rings. The number of ether oxygens (including phenoxy) is 3. The molecular weight excluding hydrogens is 1030 g/mol. The highest BCUT2D eigenvalue weighted by Gasteiger charge is 2.28. The van der Waals surface area contributed by atoms with Gasteiger partial charge in [-0.2, -0.15) is 0 Å². The fraction of sp³-hybridized carbons (Fsp3) is 0.233. The van der Waals surface area contributed by atoms with Crippen LogP contribution in [0.25, 0.3) is 22.5 Å². The molecule has 4 aromatic carbocycles. The van der Waals surface area contributed by atoms with Gasteiger partial charge in [0.15, 0.2) is 0 Å². The molecule has 0 aliphatic carbocycles. The van der Waals surface area contributed by atoms with Gasteiger partial charge in [0, 0.05) is 55.0 Å². The first kappa shape index (κ1) is 58.3. The lowest BCUT2D eigenvalue weighted by molar-refractivity contribution is -0.118. The zero-order chi connectivity index (χ0) is 57.4. The van der Waals surface area contributed by atoms with Gasteiger partial charge in [0.25, 0.3) is 17.1 Å². The number of carbonyl (C=O) groups excluding carboxylic acids is 4. The summed E-state index contributed by atoms with van der Waals surface area (Å²) in [6.45, 7) is 14.9. The number of aryl methyl sites for hydroxylation is 2. The molecule has 0 spiro atoms. The molecule has 2 unspecified atom stereocenters. The first-order valence-electron chi connectivity index (χ1n) is 25.5. The third-order valence-electron chi connectivity index (χ3n) is 11.3. The van der Waals surface area contributed by atoms with Crippen molar-refractivity contribution >= 4 is 58.2 Å². The van der Waals surface area contributed by atoms with Gasteiger partial charge in [-0.15, -0.1) is 0 Å². The van der Waals surface area contributed by atoms with Crippen molar-refractivity contribution in [1.82, 2.24) is 40.5 Å². The lowest BCUT2D eigenvalue weighted by atomic mass is 10.1. The number of hydrogen-bond donors (Lipinski definition) is 6. The number of amides is 4. The van der Waals surface area contributed by atoms with Crippen LogP contribution in [0.3, 0.4) is 0 Å². The lowest BCUT2D eigenvalue weighted by Crippen LogP contribution is -2.40. The molecule has 4 heterocycles. The number of rotatable bonds is 16. The van der Waals surface area contributed by atoms with Crippen LogP contribution in [0, 0.1) is 13.8 Å². The zero-order valence-corrected chi connectivity index (χ0v) is 46.9. The number of anilines is 4. The third-order valence-corrected chi connectivity index (χ3v) is 12.2. The van der Waals surface area contributed by atoms with Crippen LogP contribution in [0.1, 0.15) is 75.9 Å². The maximum Gasteiger partial charge on any atom is 0.408 e. The largest absolute Gasteiger partial charge is 0.444 e. The van der Waals surface area contributed by atoms with Crippen molar-refractivity contribution in [2.75, 3.05) is 35.4 Å². The number of pyridine rings is 2. The number of carbonyl (C=O) groups is 4. The van der Waals surface area contributed by atoms with E-state index in [0.717, 1.165) is 22.9 Å². The zero-order valence-electron chi connectivity index (χ0n) is 46.1. The van der Waals surface area contributed by atoms with Gasteiger partial charge < -0.3 is 46.1 Å². The summed E-state index contributed by atoms with van der Waals surface area (Å²) in [5.74, 6) is 2.13. The van der Waals surface area contributed by atoms with E-state index < -0.39 is 29.7 Å². The maximum atomic E-state index is 13.4. The first-order valence-corrected chi connectivity index (χ1v) is 26.3. The predicted octanol–water partition coefficient (Wildman–Crippen LogP) is 12.5. The Hall–Kier alpha value is -9.43. The minimum absolute atomic E-state index is 0.270. The van der Waals surface area contributed by atoms with Crippen molar-refractivity contribution in [1.29, 1.82) is 0 Å². The Balaban J connectivity index is 0.000000231. The van der Waals surface area contributed by atoms with Crippen molar-refractivity contribution in [2.45, 2.75) is 77.8 Å². The minimum Gasteiger partial charge on any atom is -0.444 e. The molecule has 0 saturated heterocycles. The smallest absolute Gasteiger partial charge is 0.408 e. The first-order chi connectivity index (χ1) is 38.2. The van der Waals surface area contributed by atoms with E-state index in [-0.39, 0.29) is 15.9 Å². The minimum atomic E-state index is -0.960. The lowest BCUT2D eigenvalue weighted by Gasteiger charge is -2.23. The molecule has 19 nitrogen and oxygen atoms in total. The van der Waals surface area contributed by atoms with Crippen LogP contribution >= 0.6 is 11.8 Å². The molecule has 0 bridgehead atoms. The highest BCUT2D eigenvalue weighted by Crippen LogP contribution is 2.35.